The van der Waals surface area contributed by atoms with Crippen molar-refractivity contribution in [2.24, 2.45) is 0 Å². The highest BCUT2D eigenvalue weighted by Gasteiger charge is 2.06. The average molecular weight is 165 g/mol. The molecule has 2 nitrogen and oxygen atoms in total. The number of hydrogen-bond acceptors (Lipinski definition) is 2. The van der Waals surface area contributed by atoms with Crippen LogP contribution in [0.5, 0.6) is 0 Å². The van der Waals surface area contributed by atoms with Gasteiger partial charge in [0.2, 0.25) is 0 Å². The summed E-state index contributed by atoms with van der Waals surface area (Å²) in [6.45, 7) is 2.09. The van der Waals surface area contributed by atoms with Crippen LogP contribution >= 0.6 is 0 Å². The molecule has 0 heterocycles. The van der Waals surface area contributed by atoms with E-state index in [1.807, 2.05) is 24.3 Å². The fraction of sp³-hybridized carbons (Fsp3) is 0.400. The lowest BCUT2D eigenvalue weighted by Gasteiger charge is -2.13. The van der Waals surface area contributed by atoms with Crippen LogP contribution in [-0.4, -0.2) is 7.11 Å². The Bertz CT molecular complexity index is 243. The lowest BCUT2D eigenvalue weighted by atomic mass is 10.1. The average Bonchev–Trinajstić information content (AvgIpc) is 2.07. The summed E-state index contributed by atoms with van der Waals surface area (Å²) in [6.07, 6.45) is 1.15. The van der Waals surface area contributed by atoms with E-state index in [9.17, 15) is 0 Å². The number of ether oxygens (including phenoxy) is 1. The number of nitrogens with two attached hydrogens (primary N) is 1. The summed E-state index contributed by atoms with van der Waals surface area (Å²) in [5, 5.41) is 0. The highest BCUT2D eigenvalue weighted by atomic mass is 16.5. The van der Waals surface area contributed by atoms with Crippen LogP contribution in [0.15, 0.2) is 24.3 Å². The van der Waals surface area contributed by atoms with Crippen molar-refractivity contribution in [1.82, 2.24) is 0 Å². The van der Waals surface area contributed by atoms with Crippen molar-refractivity contribution in [3.63, 3.8) is 0 Å². The van der Waals surface area contributed by atoms with Gasteiger partial charge in [0.1, 0.15) is 0 Å². The van der Waals surface area contributed by atoms with Crippen LogP contribution in [0.1, 0.15) is 25.0 Å². The Kier molecular flexibility index (Phi) is 3.11. The van der Waals surface area contributed by atoms with Crippen molar-refractivity contribution < 1.29 is 4.74 Å². The minimum absolute atomic E-state index is 0.175. The van der Waals surface area contributed by atoms with Crippen molar-refractivity contribution in [1.29, 1.82) is 0 Å². The lowest BCUT2D eigenvalue weighted by molar-refractivity contribution is 0.100. The SMILES string of the molecule is CC[C@@H](OC)c1cccc(N)c1. The second kappa shape index (κ2) is 4.12. The Morgan fingerprint density at radius 2 is 2.25 bits per heavy atom. The lowest BCUT2D eigenvalue weighted by Crippen LogP contribution is -2.00. The normalized spacial score (nSPS) is 12.8. The van der Waals surface area contributed by atoms with Crippen molar-refractivity contribution in [2.75, 3.05) is 12.8 Å². The summed E-state index contributed by atoms with van der Waals surface area (Å²) < 4.78 is 5.28. The standard InChI is InChI=1S/C10H15NO/c1-3-10(12-2)8-5-4-6-9(11)7-8/h4-7,10H,3,11H2,1-2H3/t10-/m1/s1. The van der Waals surface area contributed by atoms with Crippen molar-refractivity contribution in [3.05, 3.63) is 29.8 Å². The van der Waals surface area contributed by atoms with Crippen LogP contribution in [0.4, 0.5) is 5.69 Å². The van der Waals surface area contributed by atoms with E-state index in [0.29, 0.717) is 0 Å². The molecule has 0 amide bonds. The number of rotatable bonds is 3. The van der Waals surface area contributed by atoms with Gasteiger partial charge in [-0.1, -0.05) is 19.1 Å². The molecule has 0 saturated carbocycles. The van der Waals surface area contributed by atoms with Gasteiger partial charge in [0.05, 0.1) is 6.10 Å². The highest BCUT2D eigenvalue weighted by molar-refractivity contribution is 5.41. The van der Waals surface area contributed by atoms with Crippen LogP contribution in [0.2, 0.25) is 0 Å². The summed E-state index contributed by atoms with van der Waals surface area (Å²) in [5.74, 6) is 0. The summed E-state index contributed by atoms with van der Waals surface area (Å²) in [6, 6.07) is 7.82. The summed E-state index contributed by atoms with van der Waals surface area (Å²) in [5.41, 5.74) is 7.60. The van der Waals surface area contributed by atoms with Crippen LogP contribution < -0.4 is 5.73 Å². The third-order valence-electron chi connectivity index (χ3n) is 1.94. The van der Waals surface area contributed by atoms with Gasteiger partial charge in [0.25, 0.3) is 0 Å². The zero-order chi connectivity index (χ0) is 8.97. The summed E-state index contributed by atoms with van der Waals surface area (Å²) in [7, 11) is 1.72. The van der Waals surface area contributed by atoms with Crippen LogP contribution in [0.25, 0.3) is 0 Å². The van der Waals surface area contributed by atoms with Crippen LogP contribution in [0, 0.1) is 0 Å². The molecule has 0 aliphatic heterocycles. The Balaban J connectivity index is 2.85. The molecule has 2 heteroatoms. The smallest absolute Gasteiger partial charge is 0.0819 e. The molecule has 0 aromatic heterocycles. The molecule has 0 aliphatic carbocycles. The van der Waals surface area contributed by atoms with E-state index in [4.69, 9.17) is 10.5 Å². The van der Waals surface area contributed by atoms with E-state index in [2.05, 4.69) is 6.92 Å². The molecular formula is C10H15NO. The molecule has 0 radical (unpaired) electrons. The summed E-state index contributed by atoms with van der Waals surface area (Å²) in [4.78, 5) is 0. The van der Waals surface area contributed by atoms with Crippen molar-refractivity contribution in [3.8, 4) is 0 Å². The maximum Gasteiger partial charge on any atom is 0.0819 e. The van der Waals surface area contributed by atoms with Gasteiger partial charge in [-0.3, -0.25) is 0 Å². The molecule has 0 fully saturated rings. The molecule has 0 aliphatic rings. The molecule has 0 unspecified atom stereocenters. The molecular weight excluding hydrogens is 150 g/mol. The van der Waals surface area contributed by atoms with Gasteiger partial charge in [0.15, 0.2) is 0 Å². The van der Waals surface area contributed by atoms with Gasteiger partial charge in [-0.15, -0.1) is 0 Å². The molecule has 1 aromatic rings. The first-order valence-electron chi connectivity index (χ1n) is 4.16. The minimum atomic E-state index is 0.175. The van der Waals surface area contributed by atoms with Crippen molar-refractivity contribution in [2.45, 2.75) is 19.4 Å². The van der Waals surface area contributed by atoms with Gasteiger partial charge in [-0.25, -0.2) is 0 Å². The third-order valence-corrected chi connectivity index (χ3v) is 1.94. The van der Waals surface area contributed by atoms with E-state index >= 15 is 0 Å². The Morgan fingerprint density at radius 3 is 2.75 bits per heavy atom. The first-order valence-corrected chi connectivity index (χ1v) is 4.16. The number of anilines is 1. The van der Waals surface area contributed by atoms with E-state index in [0.717, 1.165) is 17.7 Å². The predicted molar refractivity (Wildman–Crippen MR) is 50.9 cm³/mol. The van der Waals surface area contributed by atoms with E-state index in [-0.39, 0.29) is 6.10 Å². The third kappa shape index (κ3) is 1.98. The Morgan fingerprint density at radius 1 is 1.50 bits per heavy atom. The monoisotopic (exact) mass is 165 g/mol. The fourth-order valence-corrected chi connectivity index (χ4v) is 1.30. The predicted octanol–water partition coefficient (Wildman–Crippen LogP) is 2.37. The maximum atomic E-state index is 5.65. The van der Waals surface area contributed by atoms with Gasteiger partial charge in [0, 0.05) is 12.8 Å². The molecule has 12 heavy (non-hydrogen) atoms. The number of methoxy groups -OCH3 is 1. The first-order chi connectivity index (χ1) is 5.77. The fourth-order valence-electron chi connectivity index (χ4n) is 1.30. The second-order valence-electron chi connectivity index (χ2n) is 2.80. The van der Waals surface area contributed by atoms with E-state index in [1.165, 1.54) is 0 Å². The largest absolute Gasteiger partial charge is 0.399 e. The Labute approximate surface area is 73.3 Å². The van der Waals surface area contributed by atoms with Gasteiger partial charge < -0.3 is 10.5 Å². The van der Waals surface area contributed by atoms with Gasteiger partial charge >= 0.3 is 0 Å². The molecule has 0 saturated heterocycles. The molecule has 2 N–H and O–H groups in total. The van der Waals surface area contributed by atoms with Crippen molar-refractivity contribution >= 4 is 5.69 Å². The zero-order valence-corrected chi connectivity index (χ0v) is 7.58. The number of hydrogen-bond donors (Lipinski definition) is 1. The molecule has 0 bridgehead atoms. The molecule has 1 rings (SSSR count). The topological polar surface area (TPSA) is 35.2 Å². The van der Waals surface area contributed by atoms with Crippen LogP contribution in [0.3, 0.4) is 0 Å². The summed E-state index contributed by atoms with van der Waals surface area (Å²) >= 11 is 0. The minimum Gasteiger partial charge on any atom is -0.399 e. The first kappa shape index (κ1) is 9.07. The molecule has 66 valence electrons. The van der Waals surface area contributed by atoms with E-state index < -0.39 is 0 Å². The molecule has 0 spiro atoms. The zero-order valence-electron chi connectivity index (χ0n) is 7.58. The van der Waals surface area contributed by atoms with Gasteiger partial charge in [-0.2, -0.15) is 0 Å². The van der Waals surface area contributed by atoms with Crippen LogP contribution in [-0.2, 0) is 4.74 Å². The van der Waals surface area contributed by atoms with Gasteiger partial charge in [-0.05, 0) is 24.1 Å². The van der Waals surface area contributed by atoms with E-state index in [1.54, 1.807) is 7.11 Å². The highest BCUT2D eigenvalue weighted by Crippen LogP contribution is 2.21. The second-order valence-corrected chi connectivity index (χ2v) is 2.80. The Hall–Kier alpha value is -1.02. The maximum absolute atomic E-state index is 5.65. The molecule has 1 atom stereocenters. The number of benzene rings is 1. The number of nitrogen functional groups attached to an aromatic ring is 1. The quantitative estimate of drug-likeness (QED) is 0.698. The molecule has 1 aromatic carbocycles.